The molecule has 88 valence electrons. The molecule has 1 aromatic rings. The van der Waals surface area contributed by atoms with E-state index >= 15 is 0 Å². The highest BCUT2D eigenvalue weighted by atomic mass is 35.5. The van der Waals surface area contributed by atoms with Gasteiger partial charge in [0.2, 0.25) is 5.16 Å². The number of halogens is 1. The van der Waals surface area contributed by atoms with Crippen LogP contribution in [0.4, 0.5) is 0 Å². The zero-order chi connectivity index (χ0) is 11.5. The number of piperidine rings is 1. The van der Waals surface area contributed by atoms with Gasteiger partial charge in [0.05, 0.1) is 16.0 Å². The van der Waals surface area contributed by atoms with Gasteiger partial charge < -0.3 is 5.32 Å². The molecule has 2 heterocycles. The van der Waals surface area contributed by atoms with Crippen molar-refractivity contribution < 1.29 is 4.21 Å². The number of nitrogens with one attached hydrogen (secondary N) is 1. The lowest BCUT2D eigenvalue weighted by molar-refractivity contribution is 0.518. The van der Waals surface area contributed by atoms with Crippen LogP contribution < -0.4 is 5.32 Å². The van der Waals surface area contributed by atoms with Crippen LogP contribution in [-0.2, 0) is 10.8 Å². The second kappa shape index (κ2) is 5.21. The molecule has 4 nitrogen and oxygen atoms in total. The molecule has 1 aliphatic heterocycles. The van der Waals surface area contributed by atoms with Crippen molar-refractivity contribution in [1.82, 2.24) is 15.3 Å². The van der Waals surface area contributed by atoms with E-state index in [1.165, 1.54) is 0 Å². The largest absolute Gasteiger partial charge is 0.316 e. The van der Waals surface area contributed by atoms with E-state index in [0.717, 1.165) is 31.5 Å². The minimum atomic E-state index is -1.16. The van der Waals surface area contributed by atoms with Crippen molar-refractivity contribution in [1.29, 1.82) is 0 Å². The summed E-state index contributed by atoms with van der Waals surface area (Å²) in [7, 11) is -1.16. The Morgan fingerprint density at radius 1 is 1.62 bits per heavy atom. The summed E-state index contributed by atoms with van der Waals surface area (Å²) in [6, 6.07) is 0. The van der Waals surface area contributed by atoms with Gasteiger partial charge in [0.15, 0.2) is 0 Å². The Kier molecular flexibility index (Phi) is 3.89. The molecule has 0 radical (unpaired) electrons. The summed E-state index contributed by atoms with van der Waals surface area (Å²) in [5.74, 6) is 0. The van der Waals surface area contributed by atoms with E-state index in [1.807, 2.05) is 6.92 Å². The van der Waals surface area contributed by atoms with Gasteiger partial charge in [-0.05, 0) is 26.3 Å². The molecule has 6 heteroatoms. The van der Waals surface area contributed by atoms with E-state index in [-0.39, 0.29) is 5.25 Å². The maximum atomic E-state index is 12.2. The molecule has 1 aromatic heterocycles. The first-order valence-electron chi connectivity index (χ1n) is 5.29. The SMILES string of the molecule is Cc1cnc([S@@](=O)[C@H]2CCCNC2)nc1Cl. The lowest BCUT2D eigenvalue weighted by Gasteiger charge is -2.21. The van der Waals surface area contributed by atoms with Crippen molar-refractivity contribution in [2.45, 2.75) is 30.2 Å². The Labute approximate surface area is 102 Å². The van der Waals surface area contributed by atoms with E-state index in [4.69, 9.17) is 11.6 Å². The van der Waals surface area contributed by atoms with Gasteiger partial charge >= 0.3 is 0 Å². The summed E-state index contributed by atoms with van der Waals surface area (Å²) in [5, 5.41) is 4.08. The summed E-state index contributed by atoms with van der Waals surface area (Å²) < 4.78 is 12.2. The van der Waals surface area contributed by atoms with Crippen molar-refractivity contribution >= 4 is 22.4 Å². The fourth-order valence-electron chi connectivity index (χ4n) is 1.65. The first-order valence-corrected chi connectivity index (χ1v) is 6.88. The van der Waals surface area contributed by atoms with Gasteiger partial charge in [0, 0.05) is 18.3 Å². The van der Waals surface area contributed by atoms with E-state index < -0.39 is 10.8 Å². The molecule has 0 aromatic carbocycles. The average molecular weight is 260 g/mol. The fraction of sp³-hybridized carbons (Fsp3) is 0.600. The fourth-order valence-corrected chi connectivity index (χ4v) is 3.12. The van der Waals surface area contributed by atoms with Crippen molar-refractivity contribution in [3.8, 4) is 0 Å². The Balaban J connectivity index is 2.16. The van der Waals surface area contributed by atoms with Crippen LogP contribution >= 0.6 is 11.6 Å². The maximum absolute atomic E-state index is 12.2. The number of aromatic nitrogens is 2. The Hall–Kier alpha value is -0.520. The van der Waals surface area contributed by atoms with E-state index in [2.05, 4.69) is 15.3 Å². The lowest BCUT2D eigenvalue weighted by Crippen LogP contribution is -2.36. The summed E-state index contributed by atoms with van der Waals surface area (Å²) in [5.41, 5.74) is 0.809. The van der Waals surface area contributed by atoms with Crippen LogP contribution in [0.15, 0.2) is 11.4 Å². The molecule has 1 aliphatic rings. The van der Waals surface area contributed by atoms with Crippen LogP contribution in [0.25, 0.3) is 0 Å². The van der Waals surface area contributed by atoms with Gasteiger partial charge in [0.25, 0.3) is 0 Å². The molecular formula is C10H14ClN3OS. The zero-order valence-corrected chi connectivity index (χ0v) is 10.6. The van der Waals surface area contributed by atoms with Crippen molar-refractivity contribution in [3.05, 3.63) is 16.9 Å². The number of aryl methyl sites for hydroxylation is 1. The summed E-state index contributed by atoms with van der Waals surface area (Å²) in [4.78, 5) is 8.16. The molecule has 16 heavy (non-hydrogen) atoms. The highest BCUT2D eigenvalue weighted by Crippen LogP contribution is 2.17. The van der Waals surface area contributed by atoms with Gasteiger partial charge in [-0.3, -0.25) is 4.21 Å². The van der Waals surface area contributed by atoms with Gasteiger partial charge in [-0.25, -0.2) is 9.97 Å². The summed E-state index contributed by atoms with van der Waals surface area (Å²) in [6.07, 6.45) is 3.63. The molecular weight excluding hydrogens is 246 g/mol. The van der Waals surface area contributed by atoms with Gasteiger partial charge in [-0.1, -0.05) is 11.6 Å². The average Bonchev–Trinajstić information content (AvgIpc) is 2.33. The monoisotopic (exact) mass is 259 g/mol. The molecule has 0 bridgehead atoms. The minimum Gasteiger partial charge on any atom is -0.316 e. The molecule has 0 spiro atoms. The van der Waals surface area contributed by atoms with E-state index in [1.54, 1.807) is 6.20 Å². The third kappa shape index (κ3) is 2.59. The van der Waals surface area contributed by atoms with Crippen LogP contribution in [0.3, 0.4) is 0 Å². The quantitative estimate of drug-likeness (QED) is 0.643. The second-order valence-corrected chi connectivity index (χ2v) is 5.88. The van der Waals surface area contributed by atoms with Crippen molar-refractivity contribution in [2.24, 2.45) is 0 Å². The molecule has 0 unspecified atom stereocenters. The van der Waals surface area contributed by atoms with Gasteiger partial charge in [0.1, 0.15) is 5.15 Å². The predicted octanol–water partition coefficient (Wildman–Crippen LogP) is 1.30. The van der Waals surface area contributed by atoms with Crippen LogP contribution in [0, 0.1) is 6.92 Å². The first kappa shape index (κ1) is 12.0. The number of hydrogen-bond acceptors (Lipinski definition) is 4. The lowest BCUT2D eigenvalue weighted by atomic mass is 10.2. The Morgan fingerprint density at radius 3 is 3.06 bits per heavy atom. The highest BCUT2D eigenvalue weighted by Gasteiger charge is 2.23. The highest BCUT2D eigenvalue weighted by molar-refractivity contribution is 7.85. The van der Waals surface area contributed by atoms with Gasteiger partial charge in [-0.15, -0.1) is 0 Å². The third-order valence-corrected chi connectivity index (χ3v) is 4.57. The number of rotatable bonds is 2. The normalized spacial score (nSPS) is 23.0. The number of nitrogens with zero attached hydrogens (tertiary/aromatic N) is 2. The molecule has 0 saturated carbocycles. The van der Waals surface area contributed by atoms with Crippen LogP contribution in [-0.4, -0.2) is 32.5 Å². The predicted molar refractivity (Wildman–Crippen MR) is 64.1 cm³/mol. The van der Waals surface area contributed by atoms with Crippen molar-refractivity contribution in [3.63, 3.8) is 0 Å². The molecule has 0 amide bonds. The second-order valence-electron chi connectivity index (χ2n) is 3.89. The number of hydrogen-bond donors (Lipinski definition) is 1. The zero-order valence-electron chi connectivity index (χ0n) is 9.07. The van der Waals surface area contributed by atoms with Crippen molar-refractivity contribution in [2.75, 3.05) is 13.1 Å². The Bertz CT molecular complexity index is 407. The smallest absolute Gasteiger partial charge is 0.220 e. The molecule has 1 fully saturated rings. The third-order valence-electron chi connectivity index (χ3n) is 2.62. The molecule has 0 aliphatic carbocycles. The van der Waals surface area contributed by atoms with Crippen LogP contribution in [0.1, 0.15) is 18.4 Å². The molecule has 1 saturated heterocycles. The van der Waals surface area contributed by atoms with E-state index in [9.17, 15) is 4.21 Å². The minimum absolute atomic E-state index is 0.104. The van der Waals surface area contributed by atoms with E-state index in [0.29, 0.717) is 10.3 Å². The summed E-state index contributed by atoms with van der Waals surface area (Å²) >= 11 is 5.90. The molecule has 1 N–H and O–H groups in total. The standard InChI is InChI=1S/C10H14ClN3OS/c1-7-5-13-10(14-9(7)11)16(15)8-3-2-4-12-6-8/h5,8,12H,2-4,6H2,1H3/t8-,16-/m0/s1. The molecule has 2 atom stereocenters. The van der Waals surface area contributed by atoms with Crippen LogP contribution in [0.5, 0.6) is 0 Å². The van der Waals surface area contributed by atoms with Gasteiger partial charge in [-0.2, -0.15) is 0 Å². The van der Waals surface area contributed by atoms with Crippen LogP contribution in [0.2, 0.25) is 5.15 Å². The topological polar surface area (TPSA) is 54.9 Å². The molecule has 2 rings (SSSR count). The summed E-state index contributed by atoms with van der Waals surface area (Å²) in [6.45, 7) is 3.60. The first-order chi connectivity index (χ1) is 7.68. The Morgan fingerprint density at radius 2 is 2.44 bits per heavy atom. The maximum Gasteiger partial charge on any atom is 0.220 e.